The molecule has 1 atom stereocenters. The molecular formula is C14H16FN3. The molecule has 0 aliphatic heterocycles. The molecule has 0 aliphatic carbocycles. The van der Waals surface area contributed by atoms with E-state index in [1.807, 2.05) is 19.9 Å². The van der Waals surface area contributed by atoms with E-state index in [1.165, 1.54) is 6.07 Å². The average Bonchev–Trinajstić information content (AvgIpc) is 2.34. The van der Waals surface area contributed by atoms with Crippen molar-refractivity contribution >= 4 is 0 Å². The van der Waals surface area contributed by atoms with Crippen LogP contribution >= 0.6 is 0 Å². The highest BCUT2D eigenvalue weighted by molar-refractivity contribution is 5.37. The monoisotopic (exact) mass is 245 g/mol. The molecule has 0 aliphatic rings. The van der Waals surface area contributed by atoms with Crippen molar-refractivity contribution in [3.05, 3.63) is 58.9 Å². The molecule has 2 aromatic rings. The lowest BCUT2D eigenvalue weighted by Crippen LogP contribution is -2.22. The maximum Gasteiger partial charge on any atom is 0.149 e. The van der Waals surface area contributed by atoms with Gasteiger partial charge in [-0.1, -0.05) is 6.07 Å². The van der Waals surface area contributed by atoms with E-state index < -0.39 is 0 Å². The molecule has 0 fully saturated rings. The summed E-state index contributed by atoms with van der Waals surface area (Å²) in [5, 5.41) is 3.07. The molecule has 0 spiro atoms. The molecule has 0 saturated heterocycles. The van der Waals surface area contributed by atoms with E-state index >= 15 is 0 Å². The Balaban J connectivity index is 2.52. The van der Waals surface area contributed by atoms with E-state index in [0.29, 0.717) is 11.4 Å². The Morgan fingerprint density at radius 3 is 2.39 bits per heavy atom. The van der Waals surface area contributed by atoms with Crippen LogP contribution in [0.4, 0.5) is 4.39 Å². The summed E-state index contributed by atoms with van der Waals surface area (Å²) >= 11 is 0. The van der Waals surface area contributed by atoms with Gasteiger partial charge < -0.3 is 5.32 Å². The third kappa shape index (κ3) is 2.38. The first-order chi connectivity index (χ1) is 8.63. The summed E-state index contributed by atoms with van der Waals surface area (Å²) < 4.78 is 14.1. The molecule has 0 bridgehead atoms. The Morgan fingerprint density at radius 2 is 1.83 bits per heavy atom. The summed E-state index contributed by atoms with van der Waals surface area (Å²) in [7, 11) is 1.78. The minimum absolute atomic E-state index is 0.223. The lowest BCUT2D eigenvalue weighted by atomic mass is 9.98. The van der Waals surface area contributed by atoms with E-state index in [9.17, 15) is 4.39 Å². The molecule has 1 heterocycles. The summed E-state index contributed by atoms with van der Waals surface area (Å²) in [5.41, 5.74) is 2.42. The molecule has 94 valence electrons. The number of aromatic nitrogens is 2. The second kappa shape index (κ2) is 5.23. The van der Waals surface area contributed by atoms with Crippen LogP contribution in [-0.2, 0) is 0 Å². The highest BCUT2D eigenvalue weighted by Crippen LogP contribution is 2.25. The Morgan fingerprint density at radius 1 is 1.17 bits per heavy atom. The third-order valence-electron chi connectivity index (χ3n) is 2.90. The Bertz CT molecular complexity index is 517. The molecule has 2 rings (SSSR count). The van der Waals surface area contributed by atoms with Crippen LogP contribution in [0.25, 0.3) is 0 Å². The van der Waals surface area contributed by atoms with Crippen LogP contribution in [0.15, 0.2) is 30.6 Å². The van der Waals surface area contributed by atoms with Gasteiger partial charge in [-0.15, -0.1) is 0 Å². The summed E-state index contributed by atoms with van der Waals surface area (Å²) in [4.78, 5) is 8.38. The number of halogens is 1. The fraction of sp³-hybridized carbons (Fsp3) is 0.286. The van der Waals surface area contributed by atoms with Gasteiger partial charge in [0.05, 0.1) is 6.04 Å². The highest BCUT2D eigenvalue weighted by atomic mass is 19.1. The quantitative estimate of drug-likeness (QED) is 0.903. The normalized spacial score (nSPS) is 12.4. The van der Waals surface area contributed by atoms with Crippen molar-refractivity contribution < 1.29 is 4.39 Å². The van der Waals surface area contributed by atoms with Crippen LogP contribution in [-0.4, -0.2) is 17.0 Å². The lowest BCUT2D eigenvalue weighted by Gasteiger charge is -2.18. The molecule has 4 heteroatoms. The molecule has 0 saturated carbocycles. The van der Waals surface area contributed by atoms with Crippen molar-refractivity contribution in [1.82, 2.24) is 15.3 Å². The van der Waals surface area contributed by atoms with Crippen LogP contribution in [0.3, 0.4) is 0 Å². The van der Waals surface area contributed by atoms with Gasteiger partial charge in [-0.3, -0.25) is 0 Å². The average molecular weight is 245 g/mol. The fourth-order valence-corrected chi connectivity index (χ4v) is 2.15. The van der Waals surface area contributed by atoms with Crippen molar-refractivity contribution in [3.8, 4) is 0 Å². The smallest absolute Gasteiger partial charge is 0.149 e. The topological polar surface area (TPSA) is 37.8 Å². The number of benzene rings is 1. The molecule has 0 radical (unpaired) electrons. The zero-order valence-electron chi connectivity index (χ0n) is 10.7. The van der Waals surface area contributed by atoms with Gasteiger partial charge in [0, 0.05) is 18.0 Å². The molecule has 0 amide bonds. The number of nitrogens with one attached hydrogen (secondary N) is 1. The zero-order valence-corrected chi connectivity index (χ0v) is 10.7. The largest absolute Gasteiger partial charge is 0.307 e. The van der Waals surface area contributed by atoms with E-state index in [2.05, 4.69) is 15.3 Å². The Labute approximate surface area is 106 Å². The number of nitrogens with zero attached hydrogens (tertiary/aromatic N) is 2. The van der Waals surface area contributed by atoms with Crippen LogP contribution in [0, 0.1) is 19.7 Å². The van der Waals surface area contributed by atoms with Crippen LogP contribution in [0.1, 0.15) is 28.6 Å². The number of aryl methyl sites for hydroxylation is 2. The van der Waals surface area contributed by atoms with Crippen LogP contribution in [0.2, 0.25) is 0 Å². The van der Waals surface area contributed by atoms with Gasteiger partial charge in [0.25, 0.3) is 0 Å². The number of hydrogen-bond donors (Lipinski definition) is 1. The SMILES string of the molecule is CNC(c1ncccn1)c1c(C)cc(C)cc1F. The van der Waals surface area contributed by atoms with Gasteiger partial charge in [-0.05, 0) is 44.2 Å². The van der Waals surface area contributed by atoms with E-state index in [-0.39, 0.29) is 11.9 Å². The molecule has 1 unspecified atom stereocenters. The summed E-state index contributed by atoms with van der Waals surface area (Å²) in [5.74, 6) is 0.352. The summed E-state index contributed by atoms with van der Waals surface area (Å²) in [6.45, 7) is 3.78. The second-order valence-corrected chi connectivity index (χ2v) is 4.31. The van der Waals surface area contributed by atoms with Crippen LogP contribution in [0.5, 0.6) is 0 Å². The standard InChI is InChI=1S/C14H16FN3/c1-9-7-10(2)12(11(15)8-9)13(16-3)14-17-5-4-6-18-14/h4-8,13,16H,1-3H3. The van der Waals surface area contributed by atoms with Gasteiger partial charge >= 0.3 is 0 Å². The first kappa shape index (κ1) is 12.6. The maximum absolute atomic E-state index is 14.1. The van der Waals surface area contributed by atoms with Crippen molar-refractivity contribution in [2.45, 2.75) is 19.9 Å². The van der Waals surface area contributed by atoms with Crippen molar-refractivity contribution in [2.24, 2.45) is 0 Å². The fourth-order valence-electron chi connectivity index (χ4n) is 2.15. The van der Waals surface area contributed by atoms with Gasteiger partial charge in [-0.2, -0.15) is 0 Å². The van der Waals surface area contributed by atoms with Crippen molar-refractivity contribution in [3.63, 3.8) is 0 Å². The number of hydrogen-bond acceptors (Lipinski definition) is 3. The lowest BCUT2D eigenvalue weighted by molar-refractivity contribution is 0.558. The molecule has 1 aromatic heterocycles. The Hall–Kier alpha value is -1.81. The minimum Gasteiger partial charge on any atom is -0.307 e. The minimum atomic E-state index is -0.327. The van der Waals surface area contributed by atoms with Gasteiger partial charge in [-0.25, -0.2) is 14.4 Å². The molecule has 3 nitrogen and oxygen atoms in total. The molecular weight excluding hydrogens is 229 g/mol. The number of rotatable bonds is 3. The van der Waals surface area contributed by atoms with E-state index in [4.69, 9.17) is 0 Å². The second-order valence-electron chi connectivity index (χ2n) is 4.31. The van der Waals surface area contributed by atoms with E-state index in [0.717, 1.165) is 11.1 Å². The van der Waals surface area contributed by atoms with Gasteiger partial charge in [0.1, 0.15) is 11.6 Å². The third-order valence-corrected chi connectivity index (χ3v) is 2.90. The van der Waals surface area contributed by atoms with E-state index in [1.54, 1.807) is 25.5 Å². The first-order valence-electron chi connectivity index (χ1n) is 5.84. The zero-order chi connectivity index (χ0) is 13.1. The van der Waals surface area contributed by atoms with Crippen molar-refractivity contribution in [1.29, 1.82) is 0 Å². The summed E-state index contributed by atoms with van der Waals surface area (Å²) in [6, 6.07) is 4.92. The maximum atomic E-state index is 14.1. The predicted octanol–water partition coefficient (Wildman–Crippen LogP) is 2.54. The molecule has 1 N–H and O–H groups in total. The molecule has 1 aromatic carbocycles. The molecule has 18 heavy (non-hydrogen) atoms. The van der Waals surface area contributed by atoms with Gasteiger partial charge in [0.2, 0.25) is 0 Å². The predicted molar refractivity (Wildman–Crippen MR) is 68.8 cm³/mol. The first-order valence-corrected chi connectivity index (χ1v) is 5.84. The summed E-state index contributed by atoms with van der Waals surface area (Å²) in [6.07, 6.45) is 3.32. The van der Waals surface area contributed by atoms with Crippen molar-refractivity contribution in [2.75, 3.05) is 7.05 Å². The van der Waals surface area contributed by atoms with Crippen LogP contribution < -0.4 is 5.32 Å². The Kier molecular flexibility index (Phi) is 3.67. The van der Waals surface area contributed by atoms with Gasteiger partial charge in [0.15, 0.2) is 0 Å². The highest BCUT2D eigenvalue weighted by Gasteiger charge is 2.20.